The Labute approximate surface area is 125 Å². The van der Waals surface area contributed by atoms with Crippen molar-refractivity contribution in [2.24, 2.45) is 0 Å². The van der Waals surface area contributed by atoms with E-state index in [0.29, 0.717) is 10.4 Å². The maximum atomic E-state index is 11.9. The van der Waals surface area contributed by atoms with Gasteiger partial charge >= 0.3 is 0 Å². The Hall–Kier alpha value is -1.46. The van der Waals surface area contributed by atoms with Crippen molar-refractivity contribution in [2.75, 3.05) is 17.2 Å². The average Bonchev–Trinajstić information content (AvgIpc) is 2.96. The first kappa shape index (κ1) is 14.0. The molecule has 0 spiro atoms. The minimum atomic E-state index is -0.244. The number of carbonyl (C=O) groups excluding carboxylic acids is 1. The van der Waals surface area contributed by atoms with Crippen LogP contribution in [0.25, 0.3) is 0 Å². The van der Waals surface area contributed by atoms with Gasteiger partial charge in [-0.25, -0.2) is 0 Å². The number of anilines is 2. The zero-order chi connectivity index (χ0) is 12.5. The fraction of sp³-hybridized carbons (Fsp3) is 0.154. The third kappa shape index (κ3) is 2.93. The van der Waals surface area contributed by atoms with Crippen LogP contribution in [0.2, 0.25) is 0 Å². The van der Waals surface area contributed by atoms with Gasteiger partial charge in [0.25, 0.3) is 5.91 Å². The van der Waals surface area contributed by atoms with E-state index in [1.165, 1.54) is 5.56 Å². The van der Waals surface area contributed by atoms with E-state index in [4.69, 9.17) is 4.42 Å². The number of hydrogen-bond donors (Lipinski definition) is 2. The van der Waals surface area contributed by atoms with E-state index >= 15 is 0 Å². The predicted molar refractivity (Wildman–Crippen MR) is 80.2 cm³/mol. The molecule has 4 nitrogen and oxygen atoms in total. The maximum Gasteiger partial charge on any atom is 0.291 e. The Bertz CT molecular complexity index is 612. The topological polar surface area (TPSA) is 54.3 Å². The summed E-state index contributed by atoms with van der Waals surface area (Å²) in [5, 5.41) is 6.10. The number of amides is 1. The SMILES string of the molecule is Cl.O=C(Nc1ccc2c(c1)CCN2)c1ccc(Br)o1. The van der Waals surface area contributed by atoms with Crippen LogP contribution in [-0.4, -0.2) is 12.5 Å². The van der Waals surface area contributed by atoms with Gasteiger partial charge in [-0.15, -0.1) is 12.4 Å². The Morgan fingerprint density at radius 1 is 1.32 bits per heavy atom. The van der Waals surface area contributed by atoms with E-state index in [0.717, 1.165) is 24.3 Å². The summed E-state index contributed by atoms with van der Waals surface area (Å²) in [6.45, 7) is 0.956. The van der Waals surface area contributed by atoms with Gasteiger partial charge < -0.3 is 15.1 Å². The van der Waals surface area contributed by atoms with Crippen molar-refractivity contribution in [3.63, 3.8) is 0 Å². The summed E-state index contributed by atoms with van der Waals surface area (Å²) in [6.07, 6.45) is 0.991. The zero-order valence-corrected chi connectivity index (χ0v) is 12.3. The minimum Gasteiger partial charge on any atom is -0.444 e. The van der Waals surface area contributed by atoms with E-state index in [9.17, 15) is 4.79 Å². The maximum absolute atomic E-state index is 11.9. The molecule has 1 aliphatic rings. The van der Waals surface area contributed by atoms with Gasteiger partial charge in [-0.3, -0.25) is 4.79 Å². The molecule has 0 bridgehead atoms. The van der Waals surface area contributed by atoms with E-state index in [2.05, 4.69) is 26.6 Å². The second kappa shape index (κ2) is 5.67. The Balaban J connectivity index is 0.00000133. The van der Waals surface area contributed by atoms with E-state index in [-0.39, 0.29) is 18.3 Å². The fourth-order valence-electron chi connectivity index (χ4n) is 2.01. The molecule has 0 saturated carbocycles. The van der Waals surface area contributed by atoms with E-state index < -0.39 is 0 Å². The molecule has 0 fully saturated rings. The highest BCUT2D eigenvalue weighted by Gasteiger charge is 2.13. The van der Waals surface area contributed by atoms with Crippen molar-refractivity contribution in [2.45, 2.75) is 6.42 Å². The summed E-state index contributed by atoms with van der Waals surface area (Å²) in [7, 11) is 0. The fourth-order valence-corrected chi connectivity index (χ4v) is 2.32. The van der Waals surface area contributed by atoms with Crippen molar-refractivity contribution >= 4 is 45.6 Å². The van der Waals surface area contributed by atoms with Crippen LogP contribution in [0.1, 0.15) is 16.1 Å². The lowest BCUT2D eigenvalue weighted by molar-refractivity contribution is 0.0995. The first-order valence-corrected chi connectivity index (χ1v) is 6.45. The van der Waals surface area contributed by atoms with Gasteiger partial charge in [-0.1, -0.05) is 0 Å². The number of furan rings is 1. The molecule has 6 heteroatoms. The molecule has 2 aromatic rings. The number of nitrogens with one attached hydrogen (secondary N) is 2. The van der Waals surface area contributed by atoms with Crippen molar-refractivity contribution in [1.29, 1.82) is 0 Å². The molecule has 0 atom stereocenters. The third-order valence-corrected chi connectivity index (χ3v) is 3.30. The lowest BCUT2D eigenvalue weighted by atomic mass is 10.1. The molecule has 2 heterocycles. The molecule has 0 unspecified atom stereocenters. The van der Waals surface area contributed by atoms with Gasteiger partial charge in [-0.05, 0) is 58.2 Å². The Kier molecular flexibility index (Phi) is 4.17. The van der Waals surface area contributed by atoms with Crippen LogP contribution >= 0.6 is 28.3 Å². The van der Waals surface area contributed by atoms with Gasteiger partial charge in [0.2, 0.25) is 0 Å². The summed E-state index contributed by atoms with van der Waals surface area (Å²) in [5.41, 5.74) is 3.16. The first-order valence-electron chi connectivity index (χ1n) is 5.66. The van der Waals surface area contributed by atoms with Crippen molar-refractivity contribution in [3.05, 3.63) is 46.3 Å². The van der Waals surface area contributed by atoms with Crippen LogP contribution in [0, 0.1) is 0 Å². The molecular weight excluding hydrogens is 332 g/mol. The number of benzene rings is 1. The quantitative estimate of drug-likeness (QED) is 0.874. The van der Waals surface area contributed by atoms with E-state index in [1.807, 2.05) is 18.2 Å². The number of fused-ring (bicyclic) bond motifs is 1. The highest BCUT2D eigenvalue weighted by molar-refractivity contribution is 9.10. The molecule has 100 valence electrons. The molecular formula is C13H12BrClN2O2. The Morgan fingerprint density at radius 3 is 2.89 bits per heavy atom. The van der Waals surface area contributed by atoms with Crippen LogP contribution in [0.5, 0.6) is 0 Å². The summed E-state index contributed by atoms with van der Waals surface area (Å²) in [6, 6.07) is 9.18. The van der Waals surface area contributed by atoms with Crippen LogP contribution in [0.3, 0.4) is 0 Å². The zero-order valence-electron chi connectivity index (χ0n) is 9.90. The predicted octanol–water partition coefficient (Wildman–Crippen LogP) is 3.68. The van der Waals surface area contributed by atoms with Crippen molar-refractivity contribution in [3.8, 4) is 0 Å². The van der Waals surface area contributed by atoms with Gasteiger partial charge in [0.05, 0.1) is 0 Å². The molecule has 0 radical (unpaired) electrons. The van der Waals surface area contributed by atoms with Crippen LogP contribution < -0.4 is 10.6 Å². The second-order valence-electron chi connectivity index (χ2n) is 4.11. The average molecular weight is 344 g/mol. The number of halogens is 2. The first-order chi connectivity index (χ1) is 8.72. The van der Waals surface area contributed by atoms with Crippen LogP contribution in [0.15, 0.2) is 39.4 Å². The molecule has 2 N–H and O–H groups in total. The number of rotatable bonds is 2. The summed E-state index contributed by atoms with van der Waals surface area (Å²) in [4.78, 5) is 11.9. The molecule has 1 aliphatic heterocycles. The van der Waals surface area contributed by atoms with Gasteiger partial charge in [-0.2, -0.15) is 0 Å². The smallest absolute Gasteiger partial charge is 0.291 e. The third-order valence-electron chi connectivity index (χ3n) is 2.87. The molecule has 1 amide bonds. The molecule has 19 heavy (non-hydrogen) atoms. The van der Waals surface area contributed by atoms with Gasteiger partial charge in [0.1, 0.15) is 0 Å². The molecule has 1 aromatic carbocycles. The highest BCUT2D eigenvalue weighted by Crippen LogP contribution is 2.25. The lowest BCUT2D eigenvalue weighted by Gasteiger charge is -2.05. The molecule has 0 saturated heterocycles. The lowest BCUT2D eigenvalue weighted by Crippen LogP contribution is -2.10. The normalized spacial score (nSPS) is 12.3. The van der Waals surface area contributed by atoms with Crippen molar-refractivity contribution in [1.82, 2.24) is 0 Å². The highest BCUT2D eigenvalue weighted by atomic mass is 79.9. The van der Waals surface area contributed by atoms with Crippen LogP contribution in [0.4, 0.5) is 11.4 Å². The number of hydrogen-bond acceptors (Lipinski definition) is 3. The van der Waals surface area contributed by atoms with Gasteiger partial charge in [0, 0.05) is 17.9 Å². The van der Waals surface area contributed by atoms with Gasteiger partial charge in [0.15, 0.2) is 10.4 Å². The Morgan fingerprint density at radius 2 is 2.16 bits per heavy atom. The minimum absolute atomic E-state index is 0. The molecule has 1 aromatic heterocycles. The standard InChI is InChI=1S/C13H11BrN2O2.ClH/c14-12-4-3-11(18-12)13(17)16-9-1-2-10-8(7-9)5-6-15-10;/h1-4,7,15H,5-6H2,(H,16,17);1H. The molecule has 3 rings (SSSR count). The number of carbonyl (C=O) groups is 1. The second-order valence-corrected chi connectivity index (χ2v) is 4.89. The van der Waals surface area contributed by atoms with E-state index in [1.54, 1.807) is 12.1 Å². The largest absolute Gasteiger partial charge is 0.444 e. The summed E-state index contributed by atoms with van der Waals surface area (Å²) < 4.78 is 5.75. The summed E-state index contributed by atoms with van der Waals surface area (Å²) in [5.74, 6) is 0.0482. The monoisotopic (exact) mass is 342 g/mol. The van der Waals surface area contributed by atoms with Crippen molar-refractivity contribution < 1.29 is 9.21 Å². The summed E-state index contributed by atoms with van der Waals surface area (Å²) >= 11 is 3.17. The molecule has 0 aliphatic carbocycles. The van der Waals surface area contributed by atoms with Crippen LogP contribution in [-0.2, 0) is 6.42 Å².